The second-order valence-electron chi connectivity index (χ2n) is 8.40. The van der Waals surface area contributed by atoms with Crippen LogP contribution in [0.25, 0.3) is 10.9 Å². The highest BCUT2D eigenvalue weighted by molar-refractivity contribution is 5.85. The second kappa shape index (κ2) is 9.98. The van der Waals surface area contributed by atoms with E-state index >= 15 is 0 Å². The number of hydrogen-bond acceptors (Lipinski definition) is 4. The summed E-state index contributed by atoms with van der Waals surface area (Å²) in [7, 11) is 0. The van der Waals surface area contributed by atoms with Gasteiger partial charge >= 0.3 is 0 Å². The van der Waals surface area contributed by atoms with E-state index in [1.165, 1.54) is 16.5 Å². The number of amides is 1. The third-order valence-corrected chi connectivity index (χ3v) is 5.93. The van der Waals surface area contributed by atoms with Crippen molar-refractivity contribution in [2.24, 2.45) is 5.73 Å². The number of piperazine rings is 1. The van der Waals surface area contributed by atoms with Gasteiger partial charge in [0.25, 0.3) is 0 Å². The average molecular weight is 421 g/mol. The van der Waals surface area contributed by atoms with Gasteiger partial charge in [0, 0.05) is 56.4 Å². The molecule has 1 amide bonds. The molecule has 6 heteroatoms. The van der Waals surface area contributed by atoms with Crippen LogP contribution in [0.2, 0.25) is 0 Å². The van der Waals surface area contributed by atoms with Crippen molar-refractivity contribution < 1.29 is 9.53 Å². The largest absolute Gasteiger partial charge is 0.494 e. The molecular formula is C25H32N4O2. The van der Waals surface area contributed by atoms with Crippen LogP contribution in [0, 0.1) is 6.92 Å². The average Bonchev–Trinajstić information content (AvgIpc) is 3.09. The van der Waals surface area contributed by atoms with Gasteiger partial charge in [0.15, 0.2) is 0 Å². The molecule has 0 saturated carbocycles. The smallest absolute Gasteiger partial charge is 0.237 e. The van der Waals surface area contributed by atoms with Crippen molar-refractivity contribution in [3.05, 3.63) is 65.9 Å². The Kier molecular flexibility index (Phi) is 6.89. The van der Waals surface area contributed by atoms with E-state index in [9.17, 15) is 4.79 Å². The molecule has 1 aliphatic heterocycles. The molecule has 4 rings (SSSR count). The van der Waals surface area contributed by atoms with Gasteiger partial charge in [-0.3, -0.25) is 9.69 Å². The fourth-order valence-electron chi connectivity index (χ4n) is 4.34. The van der Waals surface area contributed by atoms with Gasteiger partial charge in [0.05, 0.1) is 6.61 Å². The van der Waals surface area contributed by atoms with E-state index in [0.29, 0.717) is 0 Å². The lowest BCUT2D eigenvalue weighted by molar-refractivity contribution is -0.118. The molecule has 0 bridgehead atoms. The van der Waals surface area contributed by atoms with Crippen molar-refractivity contribution in [2.45, 2.75) is 26.4 Å². The Hall–Kier alpha value is -2.83. The number of benzene rings is 2. The van der Waals surface area contributed by atoms with Crippen molar-refractivity contribution in [2.75, 3.05) is 39.3 Å². The van der Waals surface area contributed by atoms with Crippen LogP contribution in [0.3, 0.4) is 0 Å². The predicted octanol–water partition coefficient (Wildman–Crippen LogP) is 3.02. The van der Waals surface area contributed by atoms with E-state index in [2.05, 4.69) is 53.3 Å². The Balaban J connectivity index is 1.24. The van der Waals surface area contributed by atoms with Crippen molar-refractivity contribution in [3.63, 3.8) is 0 Å². The molecular weight excluding hydrogens is 388 g/mol. The predicted molar refractivity (Wildman–Crippen MR) is 124 cm³/mol. The number of nitrogens with two attached hydrogens (primary N) is 1. The molecule has 0 atom stereocenters. The summed E-state index contributed by atoms with van der Waals surface area (Å²) in [5, 5.41) is 1.21. The number of aromatic nitrogens is 1. The number of primary amides is 1. The Bertz CT molecular complexity index is 1020. The molecule has 0 radical (unpaired) electrons. The summed E-state index contributed by atoms with van der Waals surface area (Å²) in [4.78, 5) is 16.4. The minimum Gasteiger partial charge on any atom is -0.494 e. The van der Waals surface area contributed by atoms with E-state index in [4.69, 9.17) is 10.5 Å². The number of hydrogen-bond donors (Lipinski definition) is 1. The van der Waals surface area contributed by atoms with Crippen LogP contribution < -0.4 is 10.5 Å². The van der Waals surface area contributed by atoms with E-state index in [-0.39, 0.29) is 12.5 Å². The third kappa shape index (κ3) is 5.66. The maximum absolute atomic E-state index is 11.4. The molecule has 3 aromatic rings. The molecule has 1 aliphatic rings. The van der Waals surface area contributed by atoms with Crippen LogP contribution in [-0.4, -0.2) is 59.6 Å². The molecule has 1 saturated heterocycles. The SMILES string of the molecule is Cc1cccc(OCCCN2CCN(Cc3cn(CC(N)=O)c4ccccc34)CC2)c1. The highest BCUT2D eigenvalue weighted by Crippen LogP contribution is 2.23. The standard InChI is InChI=1S/C25H32N4O2/c1-20-6-4-7-22(16-20)31-15-5-10-27-11-13-28(14-12-27)17-21-18-29(19-25(26)30)24-9-3-2-8-23(21)24/h2-4,6-9,16,18H,5,10-15,17,19H2,1H3,(H2,26,30). The van der Waals surface area contributed by atoms with Gasteiger partial charge in [-0.15, -0.1) is 0 Å². The number of carbonyl (C=O) groups is 1. The molecule has 164 valence electrons. The first-order chi connectivity index (χ1) is 15.1. The van der Waals surface area contributed by atoms with Gasteiger partial charge in [-0.1, -0.05) is 30.3 Å². The Morgan fingerprint density at radius 3 is 2.58 bits per heavy atom. The number of carbonyl (C=O) groups excluding carboxylic acids is 1. The fraction of sp³-hybridized carbons (Fsp3) is 0.400. The summed E-state index contributed by atoms with van der Waals surface area (Å²) in [6, 6.07) is 16.5. The van der Waals surface area contributed by atoms with Crippen LogP contribution in [0.15, 0.2) is 54.7 Å². The quantitative estimate of drug-likeness (QED) is 0.541. The Morgan fingerprint density at radius 2 is 1.81 bits per heavy atom. The summed E-state index contributed by atoms with van der Waals surface area (Å²) in [6.45, 7) is 9.27. The number of para-hydroxylation sites is 1. The molecule has 6 nitrogen and oxygen atoms in total. The first-order valence-electron chi connectivity index (χ1n) is 11.1. The molecule has 31 heavy (non-hydrogen) atoms. The summed E-state index contributed by atoms with van der Waals surface area (Å²) in [5.41, 5.74) is 8.99. The molecule has 1 fully saturated rings. The fourth-order valence-corrected chi connectivity index (χ4v) is 4.34. The number of nitrogens with zero attached hydrogens (tertiary/aromatic N) is 3. The van der Waals surface area contributed by atoms with Crippen molar-refractivity contribution in [3.8, 4) is 5.75 Å². The zero-order chi connectivity index (χ0) is 21.6. The van der Waals surface area contributed by atoms with Gasteiger partial charge in [-0.25, -0.2) is 0 Å². The van der Waals surface area contributed by atoms with Crippen LogP contribution in [0.1, 0.15) is 17.5 Å². The lowest BCUT2D eigenvalue weighted by atomic mass is 10.1. The highest BCUT2D eigenvalue weighted by Gasteiger charge is 2.19. The van der Waals surface area contributed by atoms with Crippen molar-refractivity contribution >= 4 is 16.8 Å². The summed E-state index contributed by atoms with van der Waals surface area (Å²) in [5.74, 6) is 0.646. The maximum Gasteiger partial charge on any atom is 0.237 e. The maximum atomic E-state index is 11.4. The van der Waals surface area contributed by atoms with Crippen LogP contribution in [0.4, 0.5) is 0 Å². The number of fused-ring (bicyclic) bond motifs is 1. The lowest BCUT2D eigenvalue weighted by Crippen LogP contribution is -2.46. The molecule has 0 aliphatic carbocycles. The Morgan fingerprint density at radius 1 is 1.03 bits per heavy atom. The summed E-state index contributed by atoms with van der Waals surface area (Å²) < 4.78 is 7.85. The van der Waals surface area contributed by atoms with Gasteiger partial charge in [0.2, 0.25) is 5.91 Å². The van der Waals surface area contributed by atoms with E-state index < -0.39 is 0 Å². The van der Waals surface area contributed by atoms with Crippen molar-refractivity contribution in [1.82, 2.24) is 14.4 Å². The van der Waals surface area contributed by atoms with E-state index in [1.54, 1.807) is 0 Å². The first kappa shape index (κ1) is 21.4. The summed E-state index contributed by atoms with van der Waals surface area (Å²) in [6.07, 6.45) is 3.12. The Labute approximate surface area is 184 Å². The van der Waals surface area contributed by atoms with Crippen LogP contribution in [0.5, 0.6) is 5.75 Å². The summed E-state index contributed by atoms with van der Waals surface area (Å²) >= 11 is 0. The number of ether oxygens (including phenoxy) is 1. The van der Waals surface area contributed by atoms with Gasteiger partial charge in [-0.05, 0) is 42.7 Å². The molecule has 0 unspecified atom stereocenters. The van der Waals surface area contributed by atoms with Crippen LogP contribution in [-0.2, 0) is 17.9 Å². The number of aryl methyl sites for hydroxylation is 1. The third-order valence-electron chi connectivity index (χ3n) is 5.93. The monoisotopic (exact) mass is 420 g/mol. The lowest BCUT2D eigenvalue weighted by Gasteiger charge is -2.34. The molecule has 1 aromatic heterocycles. The molecule has 2 N–H and O–H groups in total. The zero-order valence-corrected chi connectivity index (χ0v) is 18.3. The van der Waals surface area contributed by atoms with Gasteiger partial charge < -0.3 is 19.9 Å². The molecule has 2 aromatic carbocycles. The normalized spacial score (nSPS) is 15.4. The topological polar surface area (TPSA) is 63.7 Å². The second-order valence-corrected chi connectivity index (χ2v) is 8.40. The first-order valence-corrected chi connectivity index (χ1v) is 11.1. The molecule has 2 heterocycles. The van der Waals surface area contributed by atoms with Gasteiger partial charge in [0.1, 0.15) is 12.3 Å². The van der Waals surface area contributed by atoms with Gasteiger partial charge in [-0.2, -0.15) is 0 Å². The number of rotatable bonds is 9. The van der Waals surface area contributed by atoms with E-state index in [0.717, 1.165) is 63.6 Å². The minimum atomic E-state index is -0.313. The highest BCUT2D eigenvalue weighted by atomic mass is 16.5. The minimum absolute atomic E-state index is 0.221. The van der Waals surface area contributed by atoms with Crippen LogP contribution >= 0.6 is 0 Å². The van der Waals surface area contributed by atoms with E-state index in [1.807, 2.05) is 22.8 Å². The zero-order valence-electron chi connectivity index (χ0n) is 18.3. The van der Waals surface area contributed by atoms with Crippen molar-refractivity contribution in [1.29, 1.82) is 0 Å². The molecule has 0 spiro atoms.